The molecule has 1 aromatic heterocycles. The Kier molecular flexibility index (Phi) is 7.68. The summed E-state index contributed by atoms with van der Waals surface area (Å²) < 4.78 is 10.0. The number of allylic oxidation sites excluding steroid dienone is 2. The highest BCUT2D eigenvalue weighted by Gasteiger charge is 2.35. The Bertz CT molecular complexity index is 1100. The van der Waals surface area contributed by atoms with Gasteiger partial charge in [-0.2, -0.15) is 5.26 Å². The number of nitriles is 1. The minimum absolute atomic E-state index is 0.219. The van der Waals surface area contributed by atoms with Gasteiger partial charge in [-0.15, -0.1) is 11.8 Å². The Morgan fingerprint density at radius 1 is 1.19 bits per heavy atom. The molecule has 7 nitrogen and oxygen atoms in total. The van der Waals surface area contributed by atoms with Crippen molar-refractivity contribution in [2.24, 2.45) is 0 Å². The van der Waals surface area contributed by atoms with Crippen molar-refractivity contribution >= 4 is 23.7 Å². The number of nitrogens with one attached hydrogen (secondary N) is 1. The number of carbonyl (C=O) groups is 2. The van der Waals surface area contributed by atoms with Crippen molar-refractivity contribution in [2.75, 3.05) is 13.7 Å². The molecule has 1 aliphatic heterocycles. The Hall–Kier alpha value is -3.57. The number of hydrogen-bond acceptors (Lipinski definition) is 8. The number of hydrogen-bond donors (Lipinski definition) is 1. The van der Waals surface area contributed by atoms with Crippen LogP contribution in [0.2, 0.25) is 0 Å². The largest absolute Gasteiger partial charge is 0.465 e. The Morgan fingerprint density at radius 2 is 1.94 bits per heavy atom. The fourth-order valence-corrected chi connectivity index (χ4v) is 4.41. The van der Waals surface area contributed by atoms with Crippen molar-refractivity contribution < 1.29 is 19.1 Å². The van der Waals surface area contributed by atoms with Crippen LogP contribution in [0.5, 0.6) is 0 Å². The maximum Gasteiger partial charge on any atom is 0.337 e. The first-order chi connectivity index (χ1) is 15.5. The number of rotatable bonds is 7. The maximum absolute atomic E-state index is 12.8. The van der Waals surface area contributed by atoms with Crippen LogP contribution < -0.4 is 5.32 Å². The standard InChI is InChI=1S/C24H23N3O4S/c1-4-31-24(29)20-15(2)27-22(32-14-18-7-5-6-12-26-18)19(13-25)21(20)16-8-10-17(11-9-16)23(28)30-3/h5-12,21,27H,4,14H2,1-3H3/t21-/m0/s1. The molecular weight excluding hydrogens is 426 g/mol. The molecule has 0 fully saturated rings. The van der Waals surface area contributed by atoms with E-state index in [9.17, 15) is 14.9 Å². The summed E-state index contributed by atoms with van der Waals surface area (Å²) in [6.07, 6.45) is 1.72. The van der Waals surface area contributed by atoms with E-state index in [0.29, 0.717) is 38.8 Å². The second kappa shape index (κ2) is 10.6. The number of carbonyl (C=O) groups excluding carboxylic acids is 2. The van der Waals surface area contributed by atoms with Gasteiger partial charge in [0.05, 0.1) is 53.1 Å². The lowest BCUT2D eigenvalue weighted by Crippen LogP contribution is -2.29. The van der Waals surface area contributed by atoms with Gasteiger partial charge in [-0.3, -0.25) is 4.98 Å². The number of benzene rings is 1. The van der Waals surface area contributed by atoms with E-state index in [2.05, 4.69) is 16.4 Å². The third-order valence-corrected chi connectivity index (χ3v) is 5.95. The van der Waals surface area contributed by atoms with Gasteiger partial charge < -0.3 is 14.8 Å². The van der Waals surface area contributed by atoms with E-state index in [4.69, 9.17) is 9.47 Å². The molecule has 2 aromatic rings. The van der Waals surface area contributed by atoms with Crippen molar-refractivity contribution in [3.63, 3.8) is 0 Å². The molecule has 0 saturated heterocycles. The molecule has 0 bridgehead atoms. The minimum atomic E-state index is -0.627. The number of nitrogens with zero attached hydrogens (tertiary/aromatic N) is 2. The van der Waals surface area contributed by atoms with Crippen LogP contribution in [0.15, 0.2) is 70.5 Å². The molecule has 0 amide bonds. The molecule has 1 aliphatic rings. The number of esters is 2. The van der Waals surface area contributed by atoms with Gasteiger partial charge in [0, 0.05) is 17.6 Å². The Balaban J connectivity index is 2.03. The Labute approximate surface area is 191 Å². The average Bonchev–Trinajstić information content (AvgIpc) is 2.82. The number of methoxy groups -OCH3 is 1. The molecule has 1 aromatic carbocycles. The van der Waals surface area contributed by atoms with Gasteiger partial charge in [0.15, 0.2) is 0 Å². The molecule has 32 heavy (non-hydrogen) atoms. The first kappa shape index (κ1) is 23.1. The van der Waals surface area contributed by atoms with Crippen molar-refractivity contribution in [2.45, 2.75) is 25.5 Å². The van der Waals surface area contributed by atoms with Gasteiger partial charge in [-0.05, 0) is 43.7 Å². The third kappa shape index (κ3) is 5.01. The van der Waals surface area contributed by atoms with Crippen molar-refractivity contribution in [3.8, 4) is 6.07 Å². The van der Waals surface area contributed by atoms with E-state index in [-0.39, 0.29) is 6.61 Å². The normalized spacial score (nSPS) is 15.6. The summed E-state index contributed by atoms with van der Waals surface area (Å²) >= 11 is 1.45. The zero-order chi connectivity index (χ0) is 23.1. The van der Waals surface area contributed by atoms with Crippen molar-refractivity contribution in [1.29, 1.82) is 5.26 Å². The van der Waals surface area contributed by atoms with E-state index in [1.165, 1.54) is 18.9 Å². The first-order valence-electron chi connectivity index (χ1n) is 10.00. The van der Waals surface area contributed by atoms with Crippen LogP contribution in [0.1, 0.15) is 41.4 Å². The highest BCUT2D eigenvalue weighted by atomic mass is 32.2. The summed E-state index contributed by atoms with van der Waals surface area (Å²) in [4.78, 5) is 29.0. The summed E-state index contributed by atoms with van der Waals surface area (Å²) in [7, 11) is 1.32. The molecule has 3 rings (SSSR count). The van der Waals surface area contributed by atoms with Crippen LogP contribution in [0.4, 0.5) is 0 Å². The van der Waals surface area contributed by atoms with E-state index < -0.39 is 17.9 Å². The number of ether oxygens (including phenoxy) is 2. The number of pyridine rings is 1. The Morgan fingerprint density at radius 3 is 2.53 bits per heavy atom. The van der Waals surface area contributed by atoms with Crippen LogP contribution in [0.25, 0.3) is 0 Å². The second-order valence-corrected chi connectivity index (χ2v) is 7.88. The molecule has 0 spiro atoms. The van der Waals surface area contributed by atoms with Gasteiger partial charge >= 0.3 is 11.9 Å². The van der Waals surface area contributed by atoms with Crippen LogP contribution in [-0.2, 0) is 20.0 Å². The van der Waals surface area contributed by atoms with Crippen molar-refractivity contribution in [1.82, 2.24) is 10.3 Å². The highest BCUT2D eigenvalue weighted by molar-refractivity contribution is 8.02. The van der Waals surface area contributed by atoms with Crippen LogP contribution >= 0.6 is 11.8 Å². The average molecular weight is 450 g/mol. The molecule has 0 unspecified atom stereocenters. The quantitative estimate of drug-likeness (QED) is 0.632. The summed E-state index contributed by atoms with van der Waals surface area (Å²) in [6, 6.07) is 14.7. The van der Waals surface area contributed by atoms with Crippen LogP contribution in [0.3, 0.4) is 0 Å². The molecule has 164 valence electrons. The lowest BCUT2D eigenvalue weighted by molar-refractivity contribution is -0.138. The molecule has 0 saturated carbocycles. The zero-order valence-electron chi connectivity index (χ0n) is 18.0. The lowest BCUT2D eigenvalue weighted by atomic mass is 9.82. The number of thioether (sulfide) groups is 1. The summed E-state index contributed by atoms with van der Waals surface area (Å²) in [6.45, 7) is 3.74. The SMILES string of the molecule is CCOC(=O)C1=C(C)NC(SCc2ccccn2)=C(C#N)[C@@H]1c1ccc(C(=O)OC)cc1. The number of aromatic nitrogens is 1. The molecule has 0 radical (unpaired) electrons. The van der Waals surface area contributed by atoms with Crippen LogP contribution in [0, 0.1) is 11.3 Å². The molecule has 2 heterocycles. The third-order valence-electron chi connectivity index (χ3n) is 4.90. The van der Waals surface area contributed by atoms with E-state index in [1.54, 1.807) is 44.3 Å². The summed E-state index contributed by atoms with van der Waals surface area (Å²) in [5.74, 6) is -1.01. The van der Waals surface area contributed by atoms with E-state index >= 15 is 0 Å². The maximum atomic E-state index is 12.8. The minimum Gasteiger partial charge on any atom is -0.465 e. The highest BCUT2D eigenvalue weighted by Crippen LogP contribution is 2.41. The van der Waals surface area contributed by atoms with E-state index in [0.717, 1.165) is 5.69 Å². The predicted molar refractivity (Wildman–Crippen MR) is 121 cm³/mol. The molecular formula is C24H23N3O4S. The smallest absolute Gasteiger partial charge is 0.337 e. The van der Waals surface area contributed by atoms with Gasteiger partial charge in [0.2, 0.25) is 0 Å². The van der Waals surface area contributed by atoms with E-state index in [1.807, 2.05) is 18.2 Å². The first-order valence-corrected chi connectivity index (χ1v) is 11.0. The van der Waals surface area contributed by atoms with Gasteiger partial charge in [0.25, 0.3) is 0 Å². The second-order valence-electron chi connectivity index (χ2n) is 6.90. The van der Waals surface area contributed by atoms with Gasteiger partial charge in [-0.1, -0.05) is 18.2 Å². The fraction of sp³-hybridized carbons (Fsp3) is 0.250. The molecule has 8 heteroatoms. The zero-order valence-corrected chi connectivity index (χ0v) is 18.9. The fourth-order valence-electron chi connectivity index (χ4n) is 3.40. The topological polar surface area (TPSA) is 101 Å². The van der Waals surface area contributed by atoms with Crippen LogP contribution in [-0.4, -0.2) is 30.6 Å². The van der Waals surface area contributed by atoms with Gasteiger partial charge in [0.1, 0.15) is 0 Å². The monoisotopic (exact) mass is 449 g/mol. The number of dihydropyridines is 1. The lowest BCUT2D eigenvalue weighted by Gasteiger charge is -2.29. The molecule has 1 N–H and O–H groups in total. The molecule has 0 aliphatic carbocycles. The summed E-state index contributed by atoms with van der Waals surface area (Å²) in [5.41, 5.74) is 3.36. The van der Waals surface area contributed by atoms with Crippen molar-refractivity contribution in [3.05, 3.63) is 87.4 Å². The molecule has 1 atom stereocenters. The summed E-state index contributed by atoms with van der Waals surface area (Å²) in [5, 5.41) is 13.9. The van der Waals surface area contributed by atoms with Gasteiger partial charge in [-0.25, -0.2) is 9.59 Å². The predicted octanol–water partition coefficient (Wildman–Crippen LogP) is 4.06.